The topological polar surface area (TPSA) is 63.2 Å². The predicted molar refractivity (Wildman–Crippen MR) is 108 cm³/mol. The first-order chi connectivity index (χ1) is 11.2. The van der Waals surface area contributed by atoms with Gasteiger partial charge in [0.1, 0.15) is 17.4 Å². The highest BCUT2D eigenvalue weighted by Gasteiger charge is 2.08. The molecule has 2 N–H and O–H groups in total. The molecule has 1 aromatic heterocycles. The van der Waals surface area contributed by atoms with Gasteiger partial charge in [0.05, 0.1) is 12.1 Å². The molecule has 1 amide bonds. The third-order valence-electron chi connectivity index (χ3n) is 2.99. The SMILES string of the molecule is CCNCCNC(=O)Cc1csc(COc2ccc(Cl)cc2)n1.Cl.Cl. The number of halogens is 3. The van der Waals surface area contributed by atoms with Crippen LogP contribution in [-0.4, -0.2) is 30.5 Å². The second kappa shape index (κ2) is 13.2. The molecule has 9 heteroatoms. The highest BCUT2D eigenvalue weighted by atomic mass is 35.5. The summed E-state index contributed by atoms with van der Waals surface area (Å²) in [5.41, 5.74) is 0.769. The smallest absolute Gasteiger partial charge is 0.226 e. The number of hydrogen-bond donors (Lipinski definition) is 2. The number of ether oxygens (including phenoxy) is 1. The molecule has 1 aromatic carbocycles. The lowest BCUT2D eigenvalue weighted by Crippen LogP contribution is -2.32. The van der Waals surface area contributed by atoms with Crippen molar-refractivity contribution in [1.82, 2.24) is 15.6 Å². The summed E-state index contributed by atoms with van der Waals surface area (Å²) in [4.78, 5) is 16.2. The third-order valence-corrected chi connectivity index (χ3v) is 4.11. The van der Waals surface area contributed by atoms with E-state index in [-0.39, 0.29) is 30.7 Å². The lowest BCUT2D eigenvalue weighted by atomic mass is 10.3. The summed E-state index contributed by atoms with van der Waals surface area (Å²) < 4.78 is 5.64. The van der Waals surface area contributed by atoms with Crippen LogP contribution in [0.5, 0.6) is 5.75 Å². The van der Waals surface area contributed by atoms with E-state index in [0.717, 1.165) is 29.5 Å². The number of amides is 1. The molecule has 5 nitrogen and oxygen atoms in total. The molecule has 0 bridgehead atoms. The fourth-order valence-corrected chi connectivity index (χ4v) is 2.70. The average molecular weight is 427 g/mol. The number of aromatic nitrogens is 1. The Morgan fingerprint density at radius 2 is 1.96 bits per heavy atom. The minimum absolute atomic E-state index is 0. The zero-order valence-corrected chi connectivity index (χ0v) is 17.0. The van der Waals surface area contributed by atoms with Crippen molar-refractivity contribution in [3.63, 3.8) is 0 Å². The second-order valence-corrected chi connectivity index (χ2v) is 6.23. The van der Waals surface area contributed by atoms with Crippen LogP contribution in [0.2, 0.25) is 5.02 Å². The molecule has 2 rings (SSSR count). The fourth-order valence-electron chi connectivity index (χ4n) is 1.87. The molecule has 0 atom stereocenters. The molecule has 0 unspecified atom stereocenters. The van der Waals surface area contributed by atoms with Gasteiger partial charge in [0.15, 0.2) is 0 Å². The van der Waals surface area contributed by atoms with Gasteiger partial charge >= 0.3 is 0 Å². The number of hydrogen-bond acceptors (Lipinski definition) is 5. The van der Waals surface area contributed by atoms with Crippen LogP contribution in [0.4, 0.5) is 0 Å². The van der Waals surface area contributed by atoms with Gasteiger partial charge in [-0.2, -0.15) is 0 Å². The second-order valence-electron chi connectivity index (χ2n) is 4.86. The molecule has 140 valence electrons. The van der Waals surface area contributed by atoms with E-state index in [0.29, 0.717) is 24.6 Å². The number of nitrogens with zero attached hydrogens (tertiary/aromatic N) is 1. The monoisotopic (exact) mass is 425 g/mol. The minimum atomic E-state index is -0.0154. The van der Waals surface area contributed by atoms with Crippen LogP contribution in [0.25, 0.3) is 0 Å². The van der Waals surface area contributed by atoms with E-state index in [1.807, 2.05) is 24.4 Å². The molecule has 0 radical (unpaired) electrons. The van der Waals surface area contributed by atoms with E-state index in [2.05, 4.69) is 15.6 Å². The van der Waals surface area contributed by atoms with Crippen LogP contribution in [0.3, 0.4) is 0 Å². The Morgan fingerprint density at radius 3 is 2.64 bits per heavy atom. The molecule has 25 heavy (non-hydrogen) atoms. The maximum absolute atomic E-state index is 11.8. The number of rotatable bonds is 9. The van der Waals surface area contributed by atoms with Crippen LogP contribution < -0.4 is 15.4 Å². The van der Waals surface area contributed by atoms with Crippen molar-refractivity contribution >= 4 is 53.7 Å². The Balaban J connectivity index is 0.00000288. The minimum Gasteiger partial charge on any atom is -0.486 e. The van der Waals surface area contributed by atoms with Crippen LogP contribution in [0.1, 0.15) is 17.6 Å². The predicted octanol–water partition coefficient (Wildman–Crippen LogP) is 3.49. The number of nitrogens with one attached hydrogen (secondary N) is 2. The van der Waals surface area contributed by atoms with Crippen molar-refractivity contribution in [1.29, 1.82) is 0 Å². The Bertz CT molecular complexity index is 623. The highest BCUT2D eigenvalue weighted by molar-refractivity contribution is 7.09. The molecule has 0 fully saturated rings. The quantitative estimate of drug-likeness (QED) is 0.603. The summed E-state index contributed by atoms with van der Waals surface area (Å²) in [6, 6.07) is 7.19. The standard InChI is InChI=1S/C16H20ClN3O2S.2ClH/c1-2-18-7-8-19-15(21)9-13-11-23-16(20-13)10-22-14-5-3-12(17)4-6-14;;/h3-6,11,18H,2,7-10H2,1H3,(H,19,21);2*1H. The van der Waals surface area contributed by atoms with Crippen molar-refractivity contribution < 1.29 is 9.53 Å². The lowest BCUT2D eigenvalue weighted by Gasteiger charge is -2.04. The van der Waals surface area contributed by atoms with Crippen molar-refractivity contribution in [2.24, 2.45) is 0 Å². The molecule has 2 aromatic rings. The Hall–Kier alpha value is -1.05. The Morgan fingerprint density at radius 1 is 1.24 bits per heavy atom. The molecular weight excluding hydrogens is 405 g/mol. The first-order valence-electron chi connectivity index (χ1n) is 7.46. The summed E-state index contributed by atoms with van der Waals surface area (Å²) in [6.07, 6.45) is 0.295. The van der Waals surface area contributed by atoms with E-state index in [1.54, 1.807) is 12.1 Å². The van der Waals surface area contributed by atoms with Crippen molar-refractivity contribution in [3.05, 3.63) is 45.4 Å². The molecule has 0 saturated carbocycles. The van der Waals surface area contributed by atoms with Gasteiger partial charge in [-0.25, -0.2) is 4.98 Å². The van der Waals surface area contributed by atoms with Crippen molar-refractivity contribution in [2.45, 2.75) is 20.0 Å². The molecular formula is C16H22Cl3N3O2S. The third kappa shape index (κ3) is 9.28. The normalized spacial score (nSPS) is 9.68. The zero-order valence-electron chi connectivity index (χ0n) is 13.8. The average Bonchev–Trinajstić information content (AvgIpc) is 2.98. The fraction of sp³-hybridized carbons (Fsp3) is 0.375. The van der Waals surface area contributed by atoms with Gasteiger partial charge in [-0.05, 0) is 30.8 Å². The van der Waals surface area contributed by atoms with E-state index in [9.17, 15) is 4.79 Å². The van der Waals surface area contributed by atoms with E-state index >= 15 is 0 Å². The number of carbonyl (C=O) groups excluding carboxylic acids is 1. The van der Waals surface area contributed by atoms with Gasteiger partial charge < -0.3 is 15.4 Å². The van der Waals surface area contributed by atoms with Crippen molar-refractivity contribution in [3.8, 4) is 5.75 Å². The summed E-state index contributed by atoms with van der Waals surface area (Å²) in [5, 5.41) is 9.42. The van der Waals surface area contributed by atoms with Crippen LogP contribution in [0, 0.1) is 0 Å². The largest absolute Gasteiger partial charge is 0.486 e. The van der Waals surface area contributed by atoms with Gasteiger partial charge in [-0.15, -0.1) is 36.2 Å². The molecule has 0 aliphatic rings. The molecule has 0 saturated heterocycles. The maximum atomic E-state index is 11.8. The number of likely N-dealkylation sites (N-methyl/N-ethyl adjacent to an activating group) is 1. The lowest BCUT2D eigenvalue weighted by molar-refractivity contribution is -0.120. The van der Waals surface area contributed by atoms with Gasteiger partial charge in [-0.1, -0.05) is 18.5 Å². The highest BCUT2D eigenvalue weighted by Crippen LogP contribution is 2.18. The van der Waals surface area contributed by atoms with Crippen LogP contribution in [0.15, 0.2) is 29.6 Å². The number of benzene rings is 1. The van der Waals surface area contributed by atoms with Gasteiger partial charge in [0.2, 0.25) is 5.91 Å². The summed E-state index contributed by atoms with van der Waals surface area (Å²) in [7, 11) is 0. The number of thiazole rings is 1. The number of carbonyl (C=O) groups is 1. The van der Waals surface area contributed by atoms with E-state index in [1.165, 1.54) is 11.3 Å². The molecule has 0 spiro atoms. The van der Waals surface area contributed by atoms with E-state index in [4.69, 9.17) is 16.3 Å². The Labute approximate surface area is 169 Å². The summed E-state index contributed by atoms with van der Waals surface area (Å²) in [5.74, 6) is 0.727. The molecule has 0 aliphatic carbocycles. The summed E-state index contributed by atoms with van der Waals surface area (Å²) >= 11 is 7.32. The van der Waals surface area contributed by atoms with Gasteiger partial charge in [0.25, 0.3) is 0 Å². The van der Waals surface area contributed by atoms with Crippen molar-refractivity contribution in [2.75, 3.05) is 19.6 Å². The zero-order chi connectivity index (χ0) is 16.5. The first kappa shape index (κ1) is 23.9. The summed E-state index contributed by atoms with van der Waals surface area (Å²) in [6.45, 7) is 4.72. The van der Waals surface area contributed by atoms with E-state index < -0.39 is 0 Å². The first-order valence-corrected chi connectivity index (χ1v) is 8.72. The molecule has 1 heterocycles. The maximum Gasteiger partial charge on any atom is 0.226 e. The van der Waals surface area contributed by atoms with Crippen LogP contribution in [-0.2, 0) is 17.8 Å². The Kier molecular flexibility index (Phi) is 12.6. The molecule has 0 aliphatic heterocycles. The van der Waals surface area contributed by atoms with Gasteiger partial charge in [-0.3, -0.25) is 4.79 Å². The van der Waals surface area contributed by atoms with Gasteiger partial charge in [0, 0.05) is 23.5 Å². The van der Waals surface area contributed by atoms with Crippen LogP contribution >= 0.6 is 47.8 Å².